The molecule has 36 heavy (non-hydrogen) atoms. The number of nitrogens with zero attached hydrogens (tertiary/aromatic N) is 1. The Morgan fingerprint density at radius 3 is 2.42 bits per heavy atom. The summed E-state index contributed by atoms with van der Waals surface area (Å²) in [5, 5.41) is 15.3. The Morgan fingerprint density at radius 1 is 0.972 bits per heavy atom. The summed E-state index contributed by atoms with van der Waals surface area (Å²) >= 11 is 5.69. The molecule has 0 aliphatic rings. The molecule has 6 heteroatoms. The highest BCUT2D eigenvalue weighted by Gasteiger charge is 2.22. The number of para-hydroxylation sites is 1. The van der Waals surface area contributed by atoms with Crippen molar-refractivity contribution in [1.29, 1.82) is 0 Å². The molecule has 0 spiro atoms. The van der Waals surface area contributed by atoms with Crippen molar-refractivity contribution in [2.75, 3.05) is 11.4 Å². The second kappa shape index (κ2) is 11.7. The second-order valence-electron chi connectivity index (χ2n) is 8.54. The van der Waals surface area contributed by atoms with Crippen molar-refractivity contribution in [3.63, 3.8) is 0 Å². The van der Waals surface area contributed by atoms with E-state index in [1.54, 1.807) is 0 Å². The number of nitrogens with one attached hydrogen (secondary N) is 1. The van der Waals surface area contributed by atoms with Gasteiger partial charge in [-0.3, -0.25) is 9.69 Å². The highest BCUT2D eigenvalue weighted by Crippen LogP contribution is 2.35. The zero-order valence-corrected chi connectivity index (χ0v) is 21.3. The van der Waals surface area contributed by atoms with Crippen LogP contribution in [0.25, 0.3) is 21.9 Å². The van der Waals surface area contributed by atoms with Gasteiger partial charge in [0.15, 0.2) is 11.3 Å². The van der Waals surface area contributed by atoms with Gasteiger partial charge >= 0.3 is 5.97 Å². The number of aliphatic carboxylic acids is 1. The van der Waals surface area contributed by atoms with E-state index >= 15 is 0 Å². The number of carboxylic acids is 1. The Morgan fingerprint density at radius 2 is 1.69 bits per heavy atom. The third-order valence-corrected chi connectivity index (χ3v) is 6.32. The highest BCUT2D eigenvalue weighted by molar-refractivity contribution is 7.80. The van der Waals surface area contributed by atoms with Crippen LogP contribution < -0.4 is 15.0 Å². The number of anilines is 1. The van der Waals surface area contributed by atoms with E-state index in [0.717, 1.165) is 33.2 Å². The van der Waals surface area contributed by atoms with Crippen LogP contribution in [0.5, 0.6) is 5.75 Å². The van der Waals surface area contributed by atoms with Crippen LogP contribution in [0.4, 0.5) is 5.69 Å². The largest absolute Gasteiger partial charge is 0.481 e. The predicted octanol–water partition coefficient (Wildman–Crippen LogP) is 6.65. The molecule has 0 radical (unpaired) electrons. The van der Waals surface area contributed by atoms with Crippen LogP contribution >= 0.6 is 12.2 Å². The van der Waals surface area contributed by atoms with Gasteiger partial charge < -0.3 is 15.2 Å². The van der Waals surface area contributed by atoms with Gasteiger partial charge in [0.25, 0.3) is 0 Å². The van der Waals surface area contributed by atoms with Crippen molar-refractivity contribution in [3.05, 3.63) is 96.6 Å². The van der Waals surface area contributed by atoms with Crippen LogP contribution in [-0.2, 0) is 11.2 Å². The summed E-state index contributed by atoms with van der Waals surface area (Å²) in [4.78, 5) is 13.1. The molecule has 1 unspecified atom stereocenters. The summed E-state index contributed by atoms with van der Waals surface area (Å²) in [6.45, 7) is 4.68. The maximum absolute atomic E-state index is 11.2. The molecular formula is C30H30N2O3S. The topological polar surface area (TPSA) is 61.8 Å². The monoisotopic (exact) mass is 498 g/mol. The van der Waals surface area contributed by atoms with Gasteiger partial charge in [-0.25, -0.2) is 0 Å². The first-order valence-corrected chi connectivity index (χ1v) is 12.5. The van der Waals surface area contributed by atoms with Crippen molar-refractivity contribution in [2.45, 2.75) is 32.9 Å². The third-order valence-electron chi connectivity index (χ3n) is 5.97. The fourth-order valence-electron chi connectivity index (χ4n) is 4.22. The number of thiocarbonyl (C=S) groups is 1. The second-order valence-corrected chi connectivity index (χ2v) is 8.93. The fraction of sp³-hybridized carbons (Fsp3) is 0.200. The van der Waals surface area contributed by atoms with Gasteiger partial charge in [0.1, 0.15) is 5.75 Å². The summed E-state index contributed by atoms with van der Waals surface area (Å²) in [6.07, 6.45) is 0.127. The van der Waals surface area contributed by atoms with Crippen molar-refractivity contribution in [3.8, 4) is 16.9 Å². The van der Waals surface area contributed by atoms with Crippen molar-refractivity contribution < 1.29 is 14.6 Å². The number of carbonyl (C=O) groups is 1. The van der Waals surface area contributed by atoms with E-state index in [1.807, 2.05) is 79.4 Å². The number of benzene rings is 4. The van der Waals surface area contributed by atoms with Crippen LogP contribution in [0.2, 0.25) is 0 Å². The number of rotatable bonds is 9. The SMILES string of the molecule is CCNC(=S)N(c1ccccc1)C(C)Oc1ccc(CCC(=O)O)cc1-c1ccc2ccccc2c1. The molecule has 0 bridgehead atoms. The highest BCUT2D eigenvalue weighted by atomic mass is 32.1. The van der Waals surface area contributed by atoms with E-state index in [2.05, 4.69) is 35.6 Å². The Bertz CT molecular complexity index is 1360. The molecule has 0 amide bonds. The average molecular weight is 499 g/mol. The molecule has 0 aliphatic carbocycles. The van der Waals surface area contributed by atoms with E-state index in [4.69, 9.17) is 22.1 Å². The van der Waals surface area contributed by atoms with Gasteiger partial charge in [-0.15, -0.1) is 0 Å². The molecule has 0 saturated heterocycles. The Kier molecular flexibility index (Phi) is 8.18. The van der Waals surface area contributed by atoms with Crippen LogP contribution in [0, 0.1) is 0 Å². The summed E-state index contributed by atoms with van der Waals surface area (Å²) in [5.41, 5.74) is 3.80. The van der Waals surface area contributed by atoms with E-state index in [0.29, 0.717) is 23.8 Å². The molecule has 0 fully saturated rings. The zero-order valence-electron chi connectivity index (χ0n) is 20.5. The van der Waals surface area contributed by atoms with Crippen LogP contribution in [0.15, 0.2) is 91.0 Å². The quantitative estimate of drug-likeness (QED) is 0.199. The number of hydrogen-bond donors (Lipinski definition) is 2. The van der Waals surface area contributed by atoms with Crippen molar-refractivity contribution in [1.82, 2.24) is 5.32 Å². The number of aryl methyl sites for hydroxylation is 1. The molecule has 184 valence electrons. The third kappa shape index (κ3) is 6.01. The minimum absolute atomic E-state index is 0.0759. The van der Waals surface area contributed by atoms with E-state index in [-0.39, 0.29) is 6.42 Å². The lowest BCUT2D eigenvalue weighted by Crippen LogP contribution is -2.47. The molecule has 2 N–H and O–H groups in total. The number of fused-ring (bicyclic) bond motifs is 1. The number of hydrogen-bond acceptors (Lipinski definition) is 3. The van der Waals surface area contributed by atoms with Crippen LogP contribution in [0.3, 0.4) is 0 Å². The maximum Gasteiger partial charge on any atom is 0.303 e. The Hall–Kier alpha value is -3.90. The van der Waals surface area contributed by atoms with Crippen molar-refractivity contribution >= 4 is 39.8 Å². The van der Waals surface area contributed by atoms with E-state index in [9.17, 15) is 4.79 Å². The molecule has 4 rings (SSSR count). The first-order valence-electron chi connectivity index (χ1n) is 12.1. The van der Waals surface area contributed by atoms with Gasteiger partial charge in [-0.1, -0.05) is 60.7 Å². The van der Waals surface area contributed by atoms with Gasteiger partial charge in [0.2, 0.25) is 0 Å². The standard InChI is InChI=1S/C30H30N2O3S/c1-3-31-30(36)32(26-11-5-4-6-12-26)21(2)35-28-17-13-22(14-18-29(33)34)19-27(28)25-16-15-23-9-7-8-10-24(23)20-25/h4-13,15-17,19-21H,3,14,18H2,1-2H3,(H,31,36)(H,33,34). The zero-order chi connectivity index (χ0) is 25.5. The lowest BCUT2D eigenvalue weighted by atomic mass is 9.97. The molecule has 0 aromatic heterocycles. The smallest absolute Gasteiger partial charge is 0.303 e. The van der Waals surface area contributed by atoms with Gasteiger partial charge in [-0.05, 0) is 84.7 Å². The molecule has 4 aromatic rings. The molecule has 0 heterocycles. The Balaban J connectivity index is 1.73. The minimum atomic E-state index is -0.813. The Labute approximate surface area is 217 Å². The van der Waals surface area contributed by atoms with Gasteiger partial charge in [0, 0.05) is 24.2 Å². The molecule has 0 saturated carbocycles. The van der Waals surface area contributed by atoms with Gasteiger partial charge in [-0.2, -0.15) is 0 Å². The molecule has 5 nitrogen and oxygen atoms in total. The normalized spacial score (nSPS) is 11.6. The van der Waals surface area contributed by atoms with Crippen LogP contribution in [-0.4, -0.2) is 29.0 Å². The van der Waals surface area contributed by atoms with Gasteiger partial charge in [0.05, 0.1) is 0 Å². The lowest BCUT2D eigenvalue weighted by molar-refractivity contribution is -0.136. The van der Waals surface area contributed by atoms with E-state index in [1.165, 1.54) is 0 Å². The maximum atomic E-state index is 11.2. The first kappa shape index (κ1) is 25.2. The lowest BCUT2D eigenvalue weighted by Gasteiger charge is -2.32. The molecule has 0 aliphatic heterocycles. The average Bonchev–Trinajstić information content (AvgIpc) is 2.88. The predicted molar refractivity (Wildman–Crippen MR) is 151 cm³/mol. The summed E-state index contributed by atoms with van der Waals surface area (Å²) in [5.74, 6) is -0.108. The number of carboxylic acid groups (broad SMARTS) is 1. The molecule has 4 aromatic carbocycles. The van der Waals surface area contributed by atoms with Crippen molar-refractivity contribution in [2.24, 2.45) is 0 Å². The summed E-state index contributed by atoms with van der Waals surface area (Å²) in [6, 6.07) is 30.3. The summed E-state index contributed by atoms with van der Waals surface area (Å²) < 4.78 is 6.56. The molecular weight excluding hydrogens is 468 g/mol. The number of ether oxygens (including phenoxy) is 1. The first-order chi connectivity index (χ1) is 17.5. The fourth-order valence-corrected chi connectivity index (χ4v) is 4.62. The minimum Gasteiger partial charge on any atom is -0.481 e. The summed E-state index contributed by atoms with van der Waals surface area (Å²) in [7, 11) is 0. The van der Waals surface area contributed by atoms with Crippen LogP contribution in [0.1, 0.15) is 25.8 Å². The molecule has 1 atom stereocenters. The van der Waals surface area contributed by atoms with E-state index < -0.39 is 12.2 Å².